The Labute approximate surface area is 219 Å². The molecule has 34 heavy (non-hydrogen) atoms. The van der Waals surface area contributed by atoms with Crippen molar-refractivity contribution in [3.05, 3.63) is 95.8 Å². The third-order valence-corrected chi connectivity index (χ3v) is 5.37. The van der Waals surface area contributed by atoms with Crippen LogP contribution >= 0.6 is 0 Å². The molecule has 0 N–H and O–H groups in total. The number of carbonyl (C=O) groups excluding carboxylic acids is 2. The first-order valence-corrected chi connectivity index (χ1v) is 11.6. The van der Waals surface area contributed by atoms with Gasteiger partial charge in [-0.05, 0) is 43.2 Å². The van der Waals surface area contributed by atoms with Gasteiger partial charge in [0, 0.05) is 17.2 Å². The van der Waals surface area contributed by atoms with Crippen LogP contribution in [0.15, 0.2) is 79.1 Å². The van der Waals surface area contributed by atoms with Gasteiger partial charge in [0.15, 0.2) is 18.2 Å². The summed E-state index contributed by atoms with van der Waals surface area (Å²) in [6.45, 7) is 1.13. The van der Waals surface area contributed by atoms with Crippen molar-refractivity contribution in [1.29, 1.82) is 0 Å². The topological polar surface area (TPSA) is 56.5 Å². The molecule has 0 radical (unpaired) electrons. The third-order valence-electron chi connectivity index (χ3n) is 5.37. The van der Waals surface area contributed by atoms with Gasteiger partial charge in [-0.1, -0.05) is 56.0 Å². The Kier molecular flexibility index (Phi) is 12.3. The van der Waals surface area contributed by atoms with Crippen LogP contribution in [-0.2, 0) is 11.8 Å². The minimum absolute atomic E-state index is 0. The van der Waals surface area contributed by atoms with Gasteiger partial charge in [0.25, 0.3) is 0 Å². The number of aryl methyl sites for hydroxylation is 1. The smallest absolute Gasteiger partial charge is 0.344 e. The molecule has 0 saturated carbocycles. The molecule has 5 nitrogen and oxygen atoms in total. The highest BCUT2D eigenvalue weighted by Crippen LogP contribution is 2.16. The number of ether oxygens (including phenoxy) is 2. The van der Waals surface area contributed by atoms with Crippen LogP contribution in [0.25, 0.3) is 0 Å². The molecule has 0 aliphatic rings. The highest BCUT2D eigenvalue weighted by atomic mass is 127. The Bertz CT molecular complexity index is 1020. The SMILES string of the molecule is C[n+]1cccc(C(=O)OCCCCCCCCOc2ccc(C(=O)c3ccccc3)cc2)c1.[I-]. The maximum Gasteiger partial charge on any atom is 0.344 e. The van der Waals surface area contributed by atoms with Crippen molar-refractivity contribution in [2.45, 2.75) is 38.5 Å². The predicted octanol–water partition coefficient (Wildman–Crippen LogP) is 2.32. The molecule has 0 fully saturated rings. The van der Waals surface area contributed by atoms with E-state index in [0.717, 1.165) is 44.3 Å². The Balaban J connectivity index is 0.00000408. The summed E-state index contributed by atoms with van der Waals surface area (Å²) >= 11 is 0. The van der Waals surface area contributed by atoms with E-state index in [9.17, 15) is 9.59 Å². The maximum absolute atomic E-state index is 12.4. The standard InChI is InChI=1S/C28H32NO4.HI/c1-29-19-11-14-25(22-29)28(31)33-21-10-5-3-2-4-9-20-32-26-17-15-24(16-18-26)27(30)23-12-7-6-8-13-23;/h6-8,11-19,22H,2-5,9-10,20-21H2,1H3;1H/q+1;/p-1. The second-order valence-corrected chi connectivity index (χ2v) is 8.08. The van der Waals surface area contributed by atoms with Crippen molar-refractivity contribution in [2.24, 2.45) is 7.05 Å². The van der Waals surface area contributed by atoms with E-state index >= 15 is 0 Å². The molecule has 0 aliphatic heterocycles. The molecule has 2 aromatic carbocycles. The normalized spacial score (nSPS) is 10.3. The Hall–Kier alpha value is -2.74. The fourth-order valence-electron chi connectivity index (χ4n) is 3.52. The van der Waals surface area contributed by atoms with Gasteiger partial charge in [0.1, 0.15) is 18.4 Å². The van der Waals surface area contributed by atoms with Gasteiger partial charge >= 0.3 is 5.97 Å². The summed E-state index contributed by atoms with van der Waals surface area (Å²) in [6, 6.07) is 20.2. The number of carbonyl (C=O) groups is 2. The van der Waals surface area contributed by atoms with E-state index in [2.05, 4.69) is 0 Å². The lowest BCUT2D eigenvalue weighted by Gasteiger charge is -2.07. The molecule has 0 unspecified atom stereocenters. The fraction of sp³-hybridized carbons (Fsp3) is 0.321. The highest BCUT2D eigenvalue weighted by Gasteiger charge is 2.10. The molecule has 3 aromatic rings. The molecule has 3 rings (SSSR count). The van der Waals surface area contributed by atoms with Crippen LogP contribution in [0.3, 0.4) is 0 Å². The number of hydrogen-bond acceptors (Lipinski definition) is 4. The van der Waals surface area contributed by atoms with Crippen LogP contribution in [0.5, 0.6) is 5.75 Å². The quantitative estimate of drug-likeness (QED) is 0.104. The summed E-state index contributed by atoms with van der Waals surface area (Å²) in [6.07, 6.45) is 9.93. The van der Waals surface area contributed by atoms with E-state index in [-0.39, 0.29) is 35.7 Å². The summed E-state index contributed by atoms with van der Waals surface area (Å²) in [7, 11) is 1.88. The summed E-state index contributed by atoms with van der Waals surface area (Å²) < 4.78 is 13.0. The molecule has 0 amide bonds. The number of hydrogen-bond donors (Lipinski definition) is 0. The average molecular weight is 573 g/mol. The van der Waals surface area contributed by atoms with Gasteiger partial charge in [0.2, 0.25) is 0 Å². The number of rotatable bonds is 13. The van der Waals surface area contributed by atoms with E-state index in [1.54, 1.807) is 12.3 Å². The van der Waals surface area contributed by atoms with Crippen LogP contribution in [-0.4, -0.2) is 25.0 Å². The molecule has 180 valence electrons. The van der Waals surface area contributed by atoms with Crippen LogP contribution < -0.4 is 33.3 Å². The van der Waals surface area contributed by atoms with Crippen molar-refractivity contribution in [3.8, 4) is 5.75 Å². The zero-order valence-corrected chi connectivity index (χ0v) is 21.8. The predicted molar refractivity (Wildman–Crippen MR) is 127 cm³/mol. The van der Waals surface area contributed by atoms with Gasteiger partial charge in [-0.2, -0.15) is 0 Å². The van der Waals surface area contributed by atoms with Crippen molar-refractivity contribution >= 4 is 11.8 Å². The third kappa shape index (κ3) is 9.25. The minimum Gasteiger partial charge on any atom is -1.00 e. The van der Waals surface area contributed by atoms with Gasteiger partial charge < -0.3 is 33.5 Å². The summed E-state index contributed by atoms with van der Waals surface area (Å²) in [4.78, 5) is 24.4. The zero-order valence-electron chi connectivity index (χ0n) is 19.6. The molecular formula is C28H32INO4. The first-order valence-electron chi connectivity index (χ1n) is 11.6. The van der Waals surface area contributed by atoms with E-state index in [1.807, 2.05) is 78.5 Å². The molecule has 0 atom stereocenters. The largest absolute Gasteiger partial charge is 1.00 e. The number of esters is 1. The van der Waals surface area contributed by atoms with Crippen molar-refractivity contribution in [1.82, 2.24) is 0 Å². The average Bonchev–Trinajstić information content (AvgIpc) is 2.85. The van der Waals surface area contributed by atoms with E-state index in [4.69, 9.17) is 9.47 Å². The number of pyridine rings is 1. The Morgan fingerprint density at radius 2 is 1.29 bits per heavy atom. The molecule has 6 heteroatoms. The van der Waals surface area contributed by atoms with Gasteiger partial charge in [0.05, 0.1) is 13.2 Å². The zero-order chi connectivity index (χ0) is 23.3. The minimum atomic E-state index is -0.263. The Morgan fingerprint density at radius 1 is 0.706 bits per heavy atom. The fourth-order valence-corrected chi connectivity index (χ4v) is 3.52. The summed E-state index contributed by atoms with van der Waals surface area (Å²) in [5, 5.41) is 0. The van der Waals surface area contributed by atoms with E-state index < -0.39 is 0 Å². The monoisotopic (exact) mass is 573 g/mol. The second-order valence-electron chi connectivity index (χ2n) is 8.08. The van der Waals surface area contributed by atoms with Crippen LogP contribution in [0.2, 0.25) is 0 Å². The van der Waals surface area contributed by atoms with Crippen LogP contribution in [0, 0.1) is 0 Å². The number of aromatic nitrogens is 1. The summed E-state index contributed by atoms with van der Waals surface area (Å²) in [5.74, 6) is 0.542. The van der Waals surface area contributed by atoms with E-state index in [1.165, 1.54) is 0 Å². The first kappa shape index (κ1) is 27.5. The van der Waals surface area contributed by atoms with E-state index in [0.29, 0.717) is 29.9 Å². The summed E-state index contributed by atoms with van der Waals surface area (Å²) in [5.41, 5.74) is 1.93. The number of halogens is 1. The first-order chi connectivity index (χ1) is 16.1. The Morgan fingerprint density at radius 3 is 1.97 bits per heavy atom. The van der Waals surface area contributed by atoms with Gasteiger partial charge in [-0.15, -0.1) is 0 Å². The van der Waals surface area contributed by atoms with Crippen LogP contribution in [0.4, 0.5) is 0 Å². The number of unbranched alkanes of at least 4 members (excludes halogenated alkanes) is 5. The lowest BCUT2D eigenvalue weighted by Crippen LogP contribution is -3.00. The lowest BCUT2D eigenvalue weighted by molar-refractivity contribution is -0.671. The molecule has 0 spiro atoms. The highest BCUT2D eigenvalue weighted by molar-refractivity contribution is 6.08. The molecule has 1 aromatic heterocycles. The van der Waals surface area contributed by atoms with Crippen LogP contribution in [0.1, 0.15) is 64.8 Å². The number of nitrogens with zero attached hydrogens (tertiary/aromatic N) is 1. The van der Waals surface area contributed by atoms with Crippen molar-refractivity contribution in [3.63, 3.8) is 0 Å². The molecule has 1 heterocycles. The molecule has 0 aliphatic carbocycles. The van der Waals surface area contributed by atoms with Crippen molar-refractivity contribution in [2.75, 3.05) is 13.2 Å². The number of benzene rings is 2. The maximum atomic E-state index is 12.4. The van der Waals surface area contributed by atoms with Gasteiger partial charge in [-0.25, -0.2) is 9.36 Å². The molecule has 0 saturated heterocycles. The van der Waals surface area contributed by atoms with Gasteiger partial charge in [-0.3, -0.25) is 4.79 Å². The molecule has 0 bridgehead atoms. The lowest BCUT2D eigenvalue weighted by atomic mass is 10.0. The number of ketones is 1. The molecular weight excluding hydrogens is 541 g/mol. The van der Waals surface area contributed by atoms with Crippen molar-refractivity contribution < 1.29 is 47.6 Å². The second kappa shape index (κ2) is 15.2.